The Bertz CT molecular complexity index is 4560. The number of anilines is 1. The number of nitrogens with one attached hydrogen (secondary N) is 14. The van der Waals surface area contributed by atoms with E-state index in [-0.39, 0.29) is 94.9 Å². The molecule has 35 heteroatoms. The maximum atomic E-state index is 15.6. The topological polar surface area (TPSA) is 491 Å². The number of ether oxygens (including phenoxy) is 1. The average molecular weight is 1720 g/mol. The van der Waals surface area contributed by atoms with Gasteiger partial charge in [-0.2, -0.15) is 0 Å². The minimum Gasteiger partial charge on any atom is -0.394 e. The number of carbonyl (C=O) groups excluding carboxylic acids is 13. The SMILES string of the molecule is CC(C)C[C@H](NC(=O)[C@@H](Cc1ccc(NC(=O)NCCNC(=O)C2CCCN2)cc1)NC(=O)[C@H](Cc1ccc(CN2CCOCC2)cc1)NC(=O)[C@H](CO)NC(=O)[C@@H](Cc1cccnc1)NC(=O)[C@@H](Cc1ccc(Cl)cc1)NC(=O)[C@@H](Cc1ccc2ccccc2c1)NC(N)=O)C(=O)N[C@@H](CCCCNC(C)C)C(=O)N1CCC[C@H]1C(=O)N[C@H](C)C(N)=O. The van der Waals surface area contributed by atoms with Gasteiger partial charge in [-0.05, 0) is 152 Å². The molecule has 3 aliphatic heterocycles. The maximum absolute atomic E-state index is 15.6. The summed E-state index contributed by atoms with van der Waals surface area (Å²) in [7, 11) is 0. The lowest BCUT2D eigenvalue weighted by Gasteiger charge is -2.31. The Morgan fingerprint density at radius 3 is 1.60 bits per heavy atom. The highest BCUT2D eigenvalue weighted by Gasteiger charge is 2.41. The number of unbranched alkanes of at least 4 members (excludes halogenated alkanes) is 1. The fourth-order valence-corrected chi connectivity index (χ4v) is 14.9. The molecule has 15 amide bonds. The van der Waals surface area contributed by atoms with Crippen LogP contribution in [0.25, 0.3) is 10.8 Å². The number of primary amides is 2. The first-order chi connectivity index (χ1) is 59.0. The van der Waals surface area contributed by atoms with Crippen molar-refractivity contribution in [2.24, 2.45) is 17.4 Å². The molecule has 662 valence electrons. The van der Waals surface area contributed by atoms with E-state index >= 15 is 28.8 Å². The number of aromatic nitrogens is 1. The third-order valence-corrected chi connectivity index (χ3v) is 21.8. The van der Waals surface area contributed by atoms with E-state index in [4.69, 9.17) is 27.8 Å². The molecule has 0 spiro atoms. The standard InChI is InChI=1S/C88H118ClN19O15/c1-53(2)43-68(78(112)99-67(16-8-9-34-93-54(3)4)86(120)108-38-12-18-75(108)85(119)97-55(5)76(90)110)100-79(113)70(47-58-26-31-65(32-27-58)98-88(122)96-37-36-95-77(111)66-17-11-35-94-66)101-81(115)71(45-56-19-21-59(22-20-56)51-107-39-41-123-42-40-107)104-84(118)74(52-109)105-82(116)72(49-61-13-10-33-92-50-61)103-80(114)69(46-57-24-29-64(89)30-25-57)102-83(117)73(106-87(91)121)48-60-23-28-62-14-6-7-15-63(62)44-60/h6-7,10,13-15,19-33,44,50,53-55,66-75,93-94,109H,8-9,11-12,16-18,34-43,45-49,51-52H2,1-5H3,(H2,90,110)(H,95,111)(H,97,119)(H,99,112)(H,100,113)(H,101,115)(H,102,117)(H,103,114)(H,104,118)(H,105,116)(H3,91,106,121)(H2,96,98,122)/t55-,66?,67+,68+,69-,70-,71+,72-,73-,74+,75+/m1/s1. The van der Waals surface area contributed by atoms with Crippen molar-refractivity contribution in [3.63, 3.8) is 0 Å². The molecule has 4 heterocycles. The summed E-state index contributed by atoms with van der Waals surface area (Å²) in [6, 6.07) is 20.6. The molecule has 6 aromatic rings. The monoisotopic (exact) mass is 1720 g/mol. The maximum Gasteiger partial charge on any atom is 0.319 e. The highest BCUT2D eigenvalue weighted by molar-refractivity contribution is 6.30. The molecule has 19 N–H and O–H groups in total. The van der Waals surface area contributed by atoms with Crippen molar-refractivity contribution >= 4 is 105 Å². The van der Waals surface area contributed by atoms with Crippen LogP contribution in [0.2, 0.25) is 5.02 Å². The summed E-state index contributed by atoms with van der Waals surface area (Å²) in [6.07, 6.45) is 5.40. The van der Waals surface area contributed by atoms with Gasteiger partial charge in [0.15, 0.2) is 0 Å². The van der Waals surface area contributed by atoms with Gasteiger partial charge in [-0.3, -0.25) is 62.6 Å². The summed E-state index contributed by atoms with van der Waals surface area (Å²) in [5.74, 6) is -8.77. The molecule has 1 aromatic heterocycles. The number of halogens is 1. The fraction of sp³-hybridized carbons (Fsp3) is 0.477. The van der Waals surface area contributed by atoms with Gasteiger partial charge in [-0.25, -0.2) is 9.59 Å². The van der Waals surface area contributed by atoms with Crippen LogP contribution < -0.4 is 85.9 Å². The molecule has 3 aliphatic rings. The van der Waals surface area contributed by atoms with Gasteiger partial charge < -0.3 is 101 Å². The molecule has 9 rings (SSSR count). The second-order valence-electron chi connectivity index (χ2n) is 32.1. The van der Waals surface area contributed by atoms with Gasteiger partial charge in [-0.1, -0.05) is 136 Å². The number of fused-ring (bicyclic) bond motifs is 1. The minimum absolute atomic E-state index is 0.00934. The lowest BCUT2D eigenvalue weighted by atomic mass is 9.99. The Labute approximate surface area is 721 Å². The number of benzene rings is 5. The van der Waals surface area contributed by atoms with Crippen molar-refractivity contribution in [3.05, 3.63) is 178 Å². The Kier molecular flexibility index (Phi) is 37.3. The predicted octanol–water partition coefficient (Wildman–Crippen LogP) is 1.84. The zero-order valence-corrected chi connectivity index (χ0v) is 71.0. The van der Waals surface area contributed by atoms with E-state index in [2.05, 4.69) is 84.3 Å². The van der Waals surface area contributed by atoms with E-state index < -0.39 is 138 Å². The predicted molar refractivity (Wildman–Crippen MR) is 463 cm³/mol. The molecule has 0 radical (unpaired) electrons. The van der Waals surface area contributed by atoms with Crippen molar-refractivity contribution in [1.82, 2.24) is 83.9 Å². The Hall–Kier alpha value is -11.7. The molecule has 11 atom stereocenters. The minimum atomic E-state index is -1.85. The van der Waals surface area contributed by atoms with E-state index in [1.54, 1.807) is 78.9 Å². The third-order valence-electron chi connectivity index (χ3n) is 21.5. The van der Waals surface area contributed by atoms with Gasteiger partial charge in [0.1, 0.15) is 60.4 Å². The van der Waals surface area contributed by atoms with Gasteiger partial charge in [0.2, 0.25) is 65.0 Å². The number of nitrogens with two attached hydrogens (primary N) is 2. The first-order valence-electron chi connectivity index (χ1n) is 42.1. The van der Waals surface area contributed by atoms with Gasteiger partial charge in [-0.15, -0.1) is 0 Å². The van der Waals surface area contributed by atoms with Crippen molar-refractivity contribution < 1.29 is 72.2 Å². The Morgan fingerprint density at radius 2 is 1.04 bits per heavy atom. The molecular formula is C88H118ClN19O15. The smallest absolute Gasteiger partial charge is 0.319 e. The summed E-state index contributed by atoms with van der Waals surface area (Å²) in [5.41, 5.74) is 14.9. The lowest BCUT2D eigenvalue weighted by molar-refractivity contribution is -0.142. The van der Waals surface area contributed by atoms with E-state index in [9.17, 15) is 38.7 Å². The van der Waals surface area contributed by atoms with Crippen LogP contribution in [0, 0.1) is 5.92 Å². The number of aliphatic hydroxyl groups excluding tert-OH is 1. The summed E-state index contributed by atoms with van der Waals surface area (Å²) < 4.78 is 5.58. The lowest BCUT2D eigenvalue weighted by Crippen LogP contribution is -2.62. The van der Waals surface area contributed by atoms with Gasteiger partial charge >= 0.3 is 12.1 Å². The van der Waals surface area contributed by atoms with E-state index in [0.29, 0.717) is 104 Å². The van der Waals surface area contributed by atoms with Gasteiger partial charge in [0.05, 0.1) is 25.9 Å². The number of amides is 15. The van der Waals surface area contributed by atoms with E-state index in [0.717, 1.165) is 29.3 Å². The zero-order valence-electron chi connectivity index (χ0n) is 70.3. The molecule has 123 heavy (non-hydrogen) atoms. The Morgan fingerprint density at radius 1 is 0.520 bits per heavy atom. The fourth-order valence-electron chi connectivity index (χ4n) is 14.8. The zero-order chi connectivity index (χ0) is 88.5. The molecular weight excluding hydrogens is 1600 g/mol. The molecule has 0 aliphatic carbocycles. The first-order valence-corrected chi connectivity index (χ1v) is 42.5. The second-order valence-corrected chi connectivity index (χ2v) is 32.6. The van der Waals surface area contributed by atoms with Crippen LogP contribution in [0.15, 0.2) is 140 Å². The summed E-state index contributed by atoms with van der Waals surface area (Å²) in [6.45, 7) is 12.8. The van der Waals surface area contributed by atoms with Crippen LogP contribution in [0.4, 0.5) is 15.3 Å². The summed E-state index contributed by atoms with van der Waals surface area (Å²) in [4.78, 5) is 193. The molecule has 5 aromatic carbocycles. The van der Waals surface area contributed by atoms with E-state index in [1.807, 2.05) is 76.2 Å². The highest BCUT2D eigenvalue weighted by atomic mass is 35.5. The molecule has 34 nitrogen and oxygen atoms in total. The van der Waals surface area contributed by atoms with Crippen molar-refractivity contribution in [3.8, 4) is 0 Å². The largest absolute Gasteiger partial charge is 0.394 e. The quantitative estimate of drug-likeness (QED) is 0.0243. The number of rotatable bonds is 45. The highest BCUT2D eigenvalue weighted by Crippen LogP contribution is 2.24. The number of hydrogen-bond acceptors (Lipinski definition) is 19. The molecule has 0 bridgehead atoms. The van der Waals surface area contributed by atoms with Crippen LogP contribution in [-0.2, 0) is 96.1 Å². The van der Waals surface area contributed by atoms with Crippen molar-refractivity contribution in [1.29, 1.82) is 0 Å². The molecule has 3 saturated heterocycles. The number of urea groups is 2. The molecule has 0 saturated carbocycles. The molecule has 1 unspecified atom stereocenters. The number of carbonyl (C=O) groups is 13. The van der Waals surface area contributed by atoms with Crippen molar-refractivity contribution in [2.45, 2.75) is 197 Å². The average Bonchev–Trinajstić information content (AvgIpc) is 1.75. The van der Waals surface area contributed by atoms with E-state index in [1.165, 1.54) is 24.2 Å². The van der Waals surface area contributed by atoms with Crippen LogP contribution in [0.1, 0.15) is 119 Å². The third kappa shape index (κ3) is 31.0. The van der Waals surface area contributed by atoms with Crippen LogP contribution >= 0.6 is 11.6 Å². The van der Waals surface area contributed by atoms with Gasteiger partial charge in [0, 0.05) is 101 Å². The number of pyridine rings is 1. The summed E-state index contributed by atoms with van der Waals surface area (Å²) in [5, 5.41) is 52.7. The second kappa shape index (κ2) is 48.2. The first kappa shape index (κ1) is 95.2. The number of morpholine rings is 1. The van der Waals surface area contributed by atoms with Crippen LogP contribution in [0.3, 0.4) is 0 Å². The number of nitrogens with zero attached hydrogens (tertiary/aromatic N) is 3. The molecule has 3 fully saturated rings. The summed E-state index contributed by atoms with van der Waals surface area (Å²) >= 11 is 6.29. The van der Waals surface area contributed by atoms with Crippen LogP contribution in [-0.4, -0.2) is 235 Å². The van der Waals surface area contributed by atoms with Crippen molar-refractivity contribution in [2.75, 3.05) is 71.0 Å². The number of likely N-dealkylation sites (tertiary alicyclic amines) is 1. The normalized spacial score (nSPS) is 16.8. The number of aliphatic hydroxyl groups is 1. The van der Waals surface area contributed by atoms with Crippen LogP contribution in [0.5, 0.6) is 0 Å². The Balaban J connectivity index is 1.000. The van der Waals surface area contributed by atoms with Gasteiger partial charge in [0.25, 0.3) is 0 Å². The number of hydrogen-bond donors (Lipinski definition) is 17.